The molecule has 21 heavy (non-hydrogen) atoms. The molecule has 2 heterocycles. The molecule has 2 aromatic rings. The van der Waals surface area contributed by atoms with Crippen LogP contribution in [0, 0.1) is 6.92 Å². The van der Waals surface area contributed by atoms with E-state index in [2.05, 4.69) is 14.8 Å². The van der Waals surface area contributed by atoms with Gasteiger partial charge >= 0.3 is 0 Å². The van der Waals surface area contributed by atoms with Gasteiger partial charge in [0.05, 0.1) is 6.54 Å². The minimum atomic E-state index is 0.0483. The van der Waals surface area contributed by atoms with Gasteiger partial charge in [0.1, 0.15) is 5.82 Å². The highest BCUT2D eigenvalue weighted by atomic mass is 16.2. The molecule has 1 aliphatic rings. The summed E-state index contributed by atoms with van der Waals surface area (Å²) in [6, 6.07) is 7.68. The Morgan fingerprint density at radius 3 is 2.52 bits per heavy atom. The average Bonchev–Trinajstić information content (AvgIpc) is 2.87. The monoisotopic (exact) mass is 285 g/mol. The van der Waals surface area contributed by atoms with E-state index in [4.69, 9.17) is 0 Å². The Hall–Kier alpha value is -2.37. The van der Waals surface area contributed by atoms with Crippen LogP contribution in [0.25, 0.3) is 0 Å². The van der Waals surface area contributed by atoms with Crippen molar-refractivity contribution in [2.75, 3.05) is 25.5 Å². The fraction of sp³-hybridized carbons (Fsp3) is 0.400. The SMILES string of the molecule is Cc1nnc2n1CCN(C(=O)c1ccc(N(C)C)cc1)C2. The summed E-state index contributed by atoms with van der Waals surface area (Å²) in [5.41, 5.74) is 1.80. The first-order valence-corrected chi connectivity index (χ1v) is 7.01. The van der Waals surface area contributed by atoms with Crippen molar-refractivity contribution in [2.45, 2.75) is 20.0 Å². The molecule has 6 heteroatoms. The number of fused-ring (bicyclic) bond motifs is 1. The number of amides is 1. The Morgan fingerprint density at radius 1 is 1.14 bits per heavy atom. The van der Waals surface area contributed by atoms with Crippen LogP contribution < -0.4 is 4.90 Å². The maximum atomic E-state index is 12.6. The maximum absolute atomic E-state index is 12.6. The molecule has 0 N–H and O–H groups in total. The molecule has 0 atom stereocenters. The van der Waals surface area contributed by atoms with Crippen molar-refractivity contribution in [3.05, 3.63) is 41.5 Å². The minimum Gasteiger partial charge on any atom is -0.378 e. The van der Waals surface area contributed by atoms with Crippen LogP contribution in [0.4, 0.5) is 5.69 Å². The molecule has 0 radical (unpaired) electrons. The van der Waals surface area contributed by atoms with E-state index in [9.17, 15) is 4.79 Å². The molecule has 1 amide bonds. The van der Waals surface area contributed by atoms with Gasteiger partial charge in [0, 0.05) is 38.4 Å². The first-order chi connectivity index (χ1) is 10.1. The van der Waals surface area contributed by atoms with Crippen molar-refractivity contribution in [1.82, 2.24) is 19.7 Å². The molecule has 1 aliphatic heterocycles. The van der Waals surface area contributed by atoms with Crippen LogP contribution in [-0.4, -0.2) is 46.2 Å². The second-order valence-electron chi connectivity index (χ2n) is 5.48. The van der Waals surface area contributed by atoms with E-state index in [0.717, 1.165) is 23.9 Å². The van der Waals surface area contributed by atoms with Gasteiger partial charge < -0.3 is 14.4 Å². The molecule has 0 spiro atoms. The number of rotatable bonds is 2. The van der Waals surface area contributed by atoms with Gasteiger partial charge in [-0.25, -0.2) is 0 Å². The Kier molecular flexibility index (Phi) is 3.37. The molecular weight excluding hydrogens is 266 g/mol. The third-order valence-electron chi connectivity index (χ3n) is 3.86. The van der Waals surface area contributed by atoms with E-state index in [1.807, 2.05) is 55.1 Å². The number of benzene rings is 1. The highest BCUT2D eigenvalue weighted by Gasteiger charge is 2.24. The first-order valence-electron chi connectivity index (χ1n) is 7.01. The van der Waals surface area contributed by atoms with E-state index in [-0.39, 0.29) is 5.91 Å². The molecule has 0 bridgehead atoms. The Bertz CT molecular complexity index is 659. The van der Waals surface area contributed by atoms with Gasteiger partial charge in [0.2, 0.25) is 0 Å². The van der Waals surface area contributed by atoms with Crippen LogP contribution in [0.5, 0.6) is 0 Å². The van der Waals surface area contributed by atoms with Crippen LogP contribution in [0.2, 0.25) is 0 Å². The van der Waals surface area contributed by atoms with Crippen molar-refractivity contribution in [3.63, 3.8) is 0 Å². The number of hydrogen-bond acceptors (Lipinski definition) is 4. The van der Waals surface area contributed by atoms with Gasteiger partial charge in [0.25, 0.3) is 5.91 Å². The zero-order valence-electron chi connectivity index (χ0n) is 12.6. The van der Waals surface area contributed by atoms with Crippen molar-refractivity contribution >= 4 is 11.6 Å². The van der Waals surface area contributed by atoms with Crippen molar-refractivity contribution in [1.29, 1.82) is 0 Å². The van der Waals surface area contributed by atoms with Crippen LogP contribution in [-0.2, 0) is 13.1 Å². The fourth-order valence-corrected chi connectivity index (χ4v) is 2.56. The van der Waals surface area contributed by atoms with Crippen LogP contribution >= 0.6 is 0 Å². The minimum absolute atomic E-state index is 0.0483. The van der Waals surface area contributed by atoms with Gasteiger partial charge in [-0.15, -0.1) is 10.2 Å². The van der Waals surface area contributed by atoms with Crippen molar-refractivity contribution in [2.24, 2.45) is 0 Å². The standard InChI is InChI=1S/C15H19N5O/c1-11-16-17-14-10-19(8-9-20(11)14)15(21)12-4-6-13(7-5-12)18(2)3/h4-7H,8-10H2,1-3H3. The van der Waals surface area contributed by atoms with E-state index >= 15 is 0 Å². The molecule has 0 aliphatic carbocycles. The number of aryl methyl sites for hydroxylation is 1. The number of carbonyl (C=O) groups is 1. The Morgan fingerprint density at radius 2 is 1.86 bits per heavy atom. The number of aromatic nitrogens is 3. The number of hydrogen-bond donors (Lipinski definition) is 0. The number of anilines is 1. The van der Waals surface area contributed by atoms with Crippen molar-refractivity contribution in [3.8, 4) is 0 Å². The van der Waals surface area contributed by atoms with Gasteiger partial charge in [0.15, 0.2) is 5.82 Å². The topological polar surface area (TPSA) is 54.3 Å². The zero-order chi connectivity index (χ0) is 15.0. The predicted octanol–water partition coefficient (Wildman–Crippen LogP) is 1.31. The normalized spacial score (nSPS) is 14.0. The lowest BCUT2D eigenvalue weighted by molar-refractivity contribution is 0.0706. The number of carbonyl (C=O) groups excluding carboxylic acids is 1. The Balaban J connectivity index is 1.77. The molecule has 110 valence electrons. The quantitative estimate of drug-likeness (QED) is 0.835. The Labute approximate surface area is 124 Å². The van der Waals surface area contributed by atoms with Gasteiger partial charge in [-0.1, -0.05) is 0 Å². The fourth-order valence-electron chi connectivity index (χ4n) is 2.56. The van der Waals surface area contributed by atoms with E-state index in [1.165, 1.54) is 0 Å². The molecule has 0 saturated carbocycles. The van der Waals surface area contributed by atoms with Crippen LogP contribution in [0.3, 0.4) is 0 Å². The predicted molar refractivity (Wildman–Crippen MR) is 80.3 cm³/mol. The molecule has 0 unspecified atom stereocenters. The molecule has 1 aromatic carbocycles. The van der Waals surface area contributed by atoms with E-state index < -0.39 is 0 Å². The maximum Gasteiger partial charge on any atom is 0.254 e. The first kappa shape index (κ1) is 13.6. The van der Waals surface area contributed by atoms with Gasteiger partial charge in [-0.2, -0.15) is 0 Å². The summed E-state index contributed by atoms with van der Waals surface area (Å²) in [5, 5.41) is 8.20. The average molecular weight is 285 g/mol. The zero-order valence-corrected chi connectivity index (χ0v) is 12.6. The second kappa shape index (κ2) is 5.20. The second-order valence-corrected chi connectivity index (χ2v) is 5.48. The lowest BCUT2D eigenvalue weighted by atomic mass is 10.1. The summed E-state index contributed by atoms with van der Waals surface area (Å²) in [6.07, 6.45) is 0. The summed E-state index contributed by atoms with van der Waals surface area (Å²) in [6.45, 7) is 3.92. The van der Waals surface area contributed by atoms with Crippen LogP contribution in [0.15, 0.2) is 24.3 Å². The van der Waals surface area contributed by atoms with Gasteiger partial charge in [-0.3, -0.25) is 4.79 Å². The lowest BCUT2D eigenvalue weighted by Crippen LogP contribution is -2.38. The molecule has 1 aromatic heterocycles. The molecular formula is C15H19N5O. The van der Waals surface area contributed by atoms with Gasteiger partial charge in [-0.05, 0) is 31.2 Å². The summed E-state index contributed by atoms with van der Waals surface area (Å²) < 4.78 is 2.07. The highest BCUT2D eigenvalue weighted by Crippen LogP contribution is 2.17. The van der Waals surface area contributed by atoms with Crippen LogP contribution in [0.1, 0.15) is 22.0 Å². The molecule has 0 fully saturated rings. The summed E-state index contributed by atoms with van der Waals surface area (Å²) >= 11 is 0. The summed E-state index contributed by atoms with van der Waals surface area (Å²) in [5.74, 6) is 1.82. The van der Waals surface area contributed by atoms with E-state index in [0.29, 0.717) is 18.7 Å². The number of nitrogens with zero attached hydrogens (tertiary/aromatic N) is 5. The summed E-state index contributed by atoms with van der Waals surface area (Å²) in [7, 11) is 3.97. The largest absolute Gasteiger partial charge is 0.378 e. The molecule has 0 saturated heterocycles. The molecule has 6 nitrogen and oxygen atoms in total. The van der Waals surface area contributed by atoms with Crippen molar-refractivity contribution < 1.29 is 4.79 Å². The summed E-state index contributed by atoms with van der Waals surface area (Å²) in [4.78, 5) is 16.4. The molecule has 3 rings (SSSR count). The smallest absolute Gasteiger partial charge is 0.254 e. The third-order valence-corrected chi connectivity index (χ3v) is 3.86. The highest BCUT2D eigenvalue weighted by molar-refractivity contribution is 5.94. The van der Waals surface area contributed by atoms with E-state index in [1.54, 1.807) is 0 Å². The third kappa shape index (κ3) is 2.49. The lowest BCUT2D eigenvalue weighted by Gasteiger charge is -2.27.